The van der Waals surface area contributed by atoms with Crippen LogP contribution in [0.3, 0.4) is 0 Å². The van der Waals surface area contributed by atoms with Gasteiger partial charge in [-0.15, -0.1) is 0 Å². The molecule has 1 N–H and O–H groups in total. The van der Waals surface area contributed by atoms with Gasteiger partial charge in [-0.05, 0) is 65.4 Å². The lowest BCUT2D eigenvalue weighted by Crippen LogP contribution is -2.57. The number of hydrogen-bond acceptors (Lipinski definition) is 7. The highest BCUT2D eigenvalue weighted by molar-refractivity contribution is 9.10. The maximum absolute atomic E-state index is 13.0. The van der Waals surface area contributed by atoms with Crippen LogP contribution in [0, 0.1) is 0 Å². The van der Waals surface area contributed by atoms with E-state index in [1.165, 1.54) is 6.42 Å². The number of amides is 3. The van der Waals surface area contributed by atoms with E-state index in [0.29, 0.717) is 30.5 Å². The molecule has 36 heavy (non-hydrogen) atoms. The Labute approximate surface area is 217 Å². The van der Waals surface area contributed by atoms with Crippen molar-refractivity contribution < 1.29 is 19.1 Å². The Morgan fingerprint density at radius 2 is 1.81 bits per heavy atom. The molecular formula is C26H28BrN5O4. The van der Waals surface area contributed by atoms with Crippen molar-refractivity contribution in [2.24, 2.45) is 0 Å². The van der Waals surface area contributed by atoms with Crippen molar-refractivity contribution >= 4 is 33.7 Å². The molecule has 4 heterocycles. The standard InChI is InChI=1S/C26H28BrN5O4/c27-17-10-28-24(29-11-17)16-12-31(13-16)20-3-1-2-4-22(20)36-18-5-6-19-15(9-18)14-32(26(19)35)21-7-8-23(33)30-25(21)34/h5-6,9-11,16,20-22H,1-4,7-8,12-14H2,(H,30,33,34)/t20-,21?,22+/m0/s1. The summed E-state index contributed by atoms with van der Waals surface area (Å²) in [5, 5.41) is 2.35. The zero-order valence-electron chi connectivity index (χ0n) is 19.9. The second-order valence-corrected chi connectivity index (χ2v) is 11.1. The summed E-state index contributed by atoms with van der Waals surface area (Å²) < 4.78 is 7.41. The van der Waals surface area contributed by atoms with Crippen LogP contribution in [0.2, 0.25) is 0 Å². The minimum Gasteiger partial charge on any atom is -0.489 e. The van der Waals surface area contributed by atoms with Crippen LogP contribution in [0.15, 0.2) is 35.1 Å². The van der Waals surface area contributed by atoms with Gasteiger partial charge in [-0.3, -0.25) is 24.6 Å². The predicted molar refractivity (Wildman–Crippen MR) is 133 cm³/mol. The smallest absolute Gasteiger partial charge is 0.255 e. The van der Waals surface area contributed by atoms with Gasteiger partial charge in [0.05, 0.1) is 4.47 Å². The number of halogens is 1. The molecule has 3 amide bonds. The third-order valence-corrected chi connectivity index (χ3v) is 8.24. The van der Waals surface area contributed by atoms with E-state index in [9.17, 15) is 14.4 Å². The molecule has 3 atom stereocenters. The van der Waals surface area contributed by atoms with Crippen molar-refractivity contribution in [2.45, 2.75) is 69.2 Å². The molecule has 1 aliphatic carbocycles. The average molecular weight is 554 g/mol. The first-order valence-electron chi connectivity index (χ1n) is 12.6. The van der Waals surface area contributed by atoms with Gasteiger partial charge in [0, 0.05) is 56.0 Å². The van der Waals surface area contributed by atoms with E-state index >= 15 is 0 Å². The molecule has 0 radical (unpaired) electrons. The van der Waals surface area contributed by atoms with E-state index in [-0.39, 0.29) is 24.3 Å². The number of carbonyl (C=O) groups excluding carboxylic acids is 3. The molecule has 1 aromatic carbocycles. The summed E-state index contributed by atoms with van der Waals surface area (Å²) in [6.07, 6.45) is 8.74. The van der Waals surface area contributed by atoms with Gasteiger partial charge >= 0.3 is 0 Å². The van der Waals surface area contributed by atoms with E-state index < -0.39 is 11.9 Å². The number of aromatic nitrogens is 2. The Balaban J connectivity index is 1.11. The second-order valence-electron chi connectivity index (χ2n) is 10.1. The highest BCUT2D eigenvalue weighted by atomic mass is 79.9. The number of carbonyl (C=O) groups is 3. The third-order valence-electron chi connectivity index (χ3n) is 7.83. The van der Waals surface area contributed by atoms with Crippen molar-refractivity contribution in [2.75, 3.05) is 13.1 Å². The van der Waals surface area contributed by atoms with Crippen LogP contribution in [-0.4, -0.2) is 68.8 Å². The van der Waals surface area contributed by atoms with Crippen LogP contribution >= 0.6 is 15.9 Å². The number of ether oxygens (including phenoxy) is 1. The van der Waals surface area contributed by atoms with E-state index in [2.05, 4.69) is 36.1 Å². The van der Waals surface area contributed by atoms with Gasteiger partial charge in [0.2, 0.25) is 11.8 Å². The number of benzene rings is 1. The fourth-order valence-electron chi connectivity index (χ4n) is 5.91. The molecule has 0 bridgehead atoms. The van der Waals surface area contributed by atoms with Gasteiger partial charge in [-0.2, -0.15) is 0 Å². The summed E-state index contributed by atoms with van der Waals surface area (Å²) in [7, 11) is 0. The Hall–Kier alpha value is -2.85. The fraction of sp³-hybridized carbons (Fsp3) is 0.500. The van der Waals surface area contributed by atoms with Gasteiger partial charge in [-0.25, -0.2) is 9.97 Å². The minimum absolute atomic E-state index is 0.0897. The SMILES string of the molecule is O=C1CCC(N2Cc3cc(O[C@@H]4CCCC[C@@H]4N4CC(c5ncc(Br)cn5)C4)ccc3C2=O)C(=O)N1. The zero-order valence-corrected chi connectivity index (χ0v) is 21.4. The number of fused-ring (bicyclic) bond motifs is 1. The van der Waals surface area contributed by atoms with E-state index in [1.54, 1.807) is 23.4 Å². The normalized spacial score (nSPS) is 27.0. The van der Waals surface area contributed by atoms with Crippen molar-refractivity contribution in [3.63, 3.8) is 0 Å². The topological polar surface area (TPSA) is 105 Å². The van der Waals surface area contributed by atoms with Crippen molar-refractivity contribution in [3.8, 4) is 5.75 Å². The summed E-state index contributed by atoms with van der Waals surface area (Å²) in [6.45, 7) is 2.23. The van der Waals surface area contributed by atoms with E-state index in [1.807, 2.05) is 12.1 Å². The maximum atomic E-state index is 13.0. The quantitative estimate of drug-likeness (QED) is 0.567. The molecule has 2 saturated heterocycles. The van der Waals surface area contributed by atoms with Gasteiger partial charge in [0.15, 0.2) is 0 Å². The summed E-state index contributed by atoms with van der Waals surface area (Å²) in [5.41, 5.74) is 1.47. The lowest BCUT2D eigenvalue weighted by molar-refractivity contribution is -0.136. The third kappa shape index (κ3) is 4.41. The van der Waals surface area contributed by atoms with Gasteiger partial charge < -0.3 is 9.64 Å². The van der Waals surface area contributed by atoms with Crippen LogP contribution < -0.4 is 10.1 Å². The molecule has 10 heteroatoms. The summed E-state index contributed by atoms with van der Waals surface area (Å²) in [4.78, 5) is 49.8. The van der Waals surface area contributed by atoms with Gasteiger partial charge in [0.25, 0.3) is 5.91 Å². The number of imide groups is 1. The van der Waals surface area contributed by atoms with Crippen LogP contribution in [-0.2, 0) is 16.1 Å². The van der Waals surface area contributed by atoms with Gasteiger partial charge in [0.1, 0.15) is 23.7 Å². The molecule has 6 rings (SSSR count). The molecule has 2 aromatic rings. The average Bonchev–Trinajstić information content (AvgIpc) is 3.16. The lowest BCUT2D eigenvalue weighted by atomic mass is 9.86. The van der Waals surface area contributed by atoms with Crippen LogP contribution in [0.1, 0.15) is 66.2 Å². The first-order chi connectivity index (χ1) is 17.5. The number of likely N-dealkylation sites (tertiary alicyclic amines) is 1. The number of piperidine rings is 1. The molecule has 0 spiro atoms. The Bertz CT molecular complexity index is 1200. The molecule has 3 aliphatic heterocycles. The molecule has 188 valence electrons. The van der Waals surface area contributed by atoms with Crippen LogP contribution in [0.5, 0.6) is 5.75 Å². The predicted octanol–water partition coefficient (Wildman–Crippen LogP) is 2.79. The van der Waals surface area contributed by atoms with Crippen LogP contribution in [0.25, 0.3) is 0 Å². The first-order valence-corrected chi connectivity index (χ1v) is 13.4. The monoisotopic (exact) mass is 553 g/mol. The Kier molecular flexibility index (Phi) is 6.25. The molecular weight excluding hydrogens is 526 g/mol. The van der Waals surface area contributed by atoms with Gasteiger partial charge in [-0.1, -0.05) is 6.42 Å². The first kappa shape index (κ1) is 23.5. The highest BCUT2D eigenvalue weighted by Gasteiger charge is 2.41. The maximum Gasteiger partial charge on any atom is 0.255 e. The summed E-state index contributed by atoms with van der Waals surface area (Å²) >= 11 is 3.40. The molecule has 1 aromatic heterocycles. The molecule has 4 aliphatic rings. The minimum atomic E-state index is -0.608. The van der Waals surface area contributed by atoms with Crippen molar-refractivity contribution in [3.05, 3.63) is 52.0 Å². The summed E-state index contributed by atoms with van der Waals surface area (Å²) in [5.74, 6) is 1.17. The second kappa shape index (κ2) is 9.55. The summed E-state index contributed by atoms with van der Waals surface area (Å²) in [6, 6.07) is 5.36. The molecule has 1 unspecified atom stereocenters. The largest absolute Gasteiger partial charge is 0.489 e. The van der Waals surface area contributed by atoms with Crippen LogP contribution in [0.4, 0.5) is 0 Å². The molecule has 1 saturated carbocycles. The number of nitrogens with one attached hydrogen (secondary N) is 1. The Morgan fingerprint density at radius 3 is 2.58 bits per heavy atom. The van der Waals surface area contributed by atoms with E-state index in [0.717, 1.165) is 54.0 Å². The number of hydrogen-bond donors (Lipinski definition) is 1. The number of rotatable bonds is 5. The lowest BCUT2D eigenvalue weighted by Gasteiger charge is -2.47. The zero-order chi connectivity index (χ0) is 24.8. The highest BCUT2D eigenvalue weighted by Crippen LogP contribution is 2.36. The van der Waals surface area contributed by atoms with Crippen molar-refractivity contribution in [1.82, 2.24) is 25.1 Å². The Morgan fingerprint density at radius 1 is 1.03 bits per heavy atom. The fourth-order valence-corrected chi connectivity index (χ4v) is 6.12. The van der Waals surface area contributed by atoms with E-state index in [4.69, 9.17) is 4.74 Å². The van der Waals surface area contributed by atoms with Crippen molar-refractivity contribution in [1.29, 1.82) is 0 Å². The molecule has 3 fully saturated rings. The molecule has 9 nitrogen and oxygen atoms in total. The number of nitrogens with zero attached hydrogens (tertiary/aromatic N) is 4.